The number of carbonyl (C=O) groups excluding carboxylic acids is 1. The molecule has 1 atom stereocenters. The van der Waals surface area contributed by atoms with Gasteiger partial charge in [-0.15, -0.1) is 0 Å². The second kappa shape index (κ2) is 6.10. The van der Waals surface area contributed by atoms with Gasteiger partial charge in [-0.25, -0.2) is 8.78 Å². The van der Waals surface area contributed by atoms with Crippen molar-refractivity contribution in [1.29, 1.82) is 0 Å². The molecule has 1 saturated heterocycles. The molecule has 1 fully saturated rings. The monoisotopic (exact) mass is 268 g/mol. The highest BCUT2D eigenvalue weighted by Crippen LogP contribution is 2.13. The molecule has 0 radical (unpaired) electrons. The Morgan fingerprint density at radius 3 is 3.00 bits per heavy atom. The fraction of sp³-hybridized carbons (Fsp3) is 0.500. The Kier molecular flexibility index (Phi) is 4.47. The lowest BCUT2D eigenvalue weighted by Gasteiger charge is -2.34. The first-order valence-corrected chi connectivity index (χ1v) is 6.52. The van der Waals surface area contributed by atoms with E-state index in [-0.39, 0.29) is 30.4 Å². The highest BCUT2D eigenvalue weighted by molar-refractivity contribution is 5.77. The topological polar surface area (TPSA) is 32.3 Å². The van der Waals surface area contributed by atoms with E-state index in [4.69, 9.17) is 0 Å². The molecule has 0 saturated carbocycles. The highest BCUT2D eigenvalue weighted by Gasteiger charge is 2.22. The van der Waals surface area contributed by atoms with E-state index >= 15 is 0 Å². The second-order valence-corrected chi connectivity index (χ2v) is 4.88. The molecular formula is C14H18F2N2O. The van der Waals surface area contributed by atoms with Gasteiger partial charge >= 0.3 is 0 Å². The van der Waals surface area contributed by atoms with Gasteiger partial charge in [0.1, 0.15) is 11.6 Å². The average Bonchev–Trinajstić information content (AvgIpc) is 2.40. The van der Waals surface area contributed by atoms with Crippen LogP contribution in [0.3, 0.4) is 0 Å². The van der Waals surface area contributed by atoms with Gasteiger partial charge in [-0.05, 0) is 37.1 Å². The largest absolute Gasteiger partial charge is 0.337 e. The Bertz CT molecular complexity index is 465. The molecule has 2 rings (SSSR count). The van der Waals surface area contributed by atoms with E-state index < -0.39 is 11.6 Å². The van der Waals surface area contributed by atoms with Crippen LogP contribution in [-0.2, 0) is 11.2 Å². The summed E-state index contributed by atoms with van der Waals surface area (Å²) in [6, 6.07) is 3.49. The molecule has 0 spiro atoms. The van der Waals surface area contributed by atoms with Crippen molar-refractivity contribution >= 4 is 5.91 Å². The summed E-state index contributed by atoms with van der Waals surface area (Å²) < 4.78 is 26.5. The molecular weight excluding hydrogens is 250 g/mol. The maximum atomic E-state index is 13.4. The summed E-state index contributed by atoms with van der Waals surface area (Å²) in [4.78, 5) is 13.9. The van der Waals surface area contributed by atoms with Crippen LogP contribution < -0.4 is 5.32 Å². The van der Waals surface area contributed by atoms with Gasteiger partial charge < -0.3 is 10.2 Å². The van der Waals surface area contributed by atoms with Gasteiger partial charge in [0, 0.05) is 32.1 Å². The zero-order valence-corrected chi connectivity index (χ0v) is 11.0. The Hall–Kier alpha value is -1.49. The lowest BCUT2D eigenvalue weighted by molar-refractivity contribution is -0.133. The molecule has 0 aromatic heterocycles. The summed E-state index contributed by atoms with van der Waals surface area (Å²) in [5, 5.41) is 3.21. The fourth-order valence-electron chi connectivity index (χ4n) is 2.33. The number of benzene rings is 1. The molecule has 1 aromatic carbocycles. The minimum atomic E-state index is -0.473. The van der Waals surface area contributed by atoms with Crippen LogP contribution >= 0.6 is 0 Å². The standard InChI is InChI=1S/C14H18F2N2O/c1-10-9-17-6-7-18(10)14(19)5-2-11-8-12(15)3-4-13(11)16/h3-4,8,10,17H,2,5-7,9H2,1H3/t10-/m0/s1. The smallest absolute Gasteiger partial charge is 0.223 e. The van der Waals surface area contributed by atoms with Gasteiger partial charge in [0.05, 0.1) is 0 Å². The van der Waals surface area contributed by atoms with Gasteiger partial charge in [0.15, 0.2) is 0 Å². The molecule has 0 bridgehead atoms. The number of nitrogens with zero attached hydrogens (tertiary/aromatic N) is 1. The molecule has 5 heteroatoms. The van der Waals surface area contributed by atoms with Crippen molar-refractivity contribution in [3.8, 4) is 0 Å². The van der Waals surface area contributed by atoms with Gasteiger partial charge in [-0.1, -0.05) is 0 Å². The van der Waals surface area contributed by atoms with Gasteiger partial charge in [0.2, 0.25) is 5.91 Å². The predicted octanol–water partition coefficient (Wildman–Crippen LogP) is 1.72. The maximum absolute atomic E-state index is 13.4. The Balaban J connectivity index is 1.94. The fourth-order valence-corrected chi connectivity index (χ4v) is 2.33. The Labute approximate surface area is 111 Å². The van der Waals surface area contributed by atoms with Crippen LogP contribution in [-0.4, -0.2) is 36.5 Å². The van der Waals surface area contributed by atoms with E-state index in [1.165, 1.54) is 0 Å². The minimum Gasteiger partial charge on any atom is -0.337 e. The molecule has 1 N–H and O–H groups in total. The first kappa shape index (κ1) is 13.9. The summed E-state index contributed by atoms with van der Waals surface area (Å²) in [5.41, 5.74) is 0.260. The Morgan fingerprint density at radius 2 is 2.26 bits per heavy atom. The van der Waals surface area contributed by atoms with E-state index in [0.717, 1.165) is 31.3 Å². The lowest BCUT2D eigenvalue weighted by Crippen LogP contribution is -2.52. The molecule has 0 aliphatic carbocycles. The van der Waals surface area contributed by atoms with Crippen molar-refractivity contribution in [2.45, 2.75) is 25.8 Å². The molecule has 19 heavy (non-hydrogen) atoms. The second-order valence-electron chi connectivity index (χ2n) is 4.88. The first-order chi connectivity index (χ1) is 9.08. The van der Waals surface area contributed by atoms with E-state index in [0.29, 0.717) is 6.54 Å². The molecule has 3 nitrogen and oxygen atoms in total. The van der Waals surface area contributed by atoms with Gasteiger partial charge in [-0.2, -0.15) is 0 Å². The zero-order valence-electron chi connectivity index (χ0n) is 11.0. The summed E-state index contributed by atoms with van der Waals surface area (Å²) >= 11 is 0. The molecule has 0 unspecified atom stereocenters. The number of rotatable bonds is 3. The summed E-state index contributed by atoms with van der Waals surface area (Å²) in [5.74, 6) is -0.931. The number of hydrogen-bond donors (Lipinski definition) is 1. The summed E-state index contributed by atoms with van der Waals surface area (Å²) in [7, 11) is 0. The molecule has 1 amide bonds. The van der Waals surface area contributed by atoms with E-state index in [1.54, 1.807) is 4.90 Å². The molecule has 104 valence electrons. The van der Waals surface area contributed by atoms with Crippen LogP contribution in [0.25, 0.3) is 0 Å². The van der Waals surface area contributed by atoms with Crippen LogP contribution in [0.4, 0.5) is 8.78 Å². The maximum Gasteiger partial charge on any atom is 0.223 e. The number of aryl methyl sites for hydroxylation is 1. The molecule has 1 heterocycles. The van der Waals surface area contributed by atoms with Crippen LogP contribution in [0.5, 0.6) is 0 Å². The van der Waals surface area contributed by atoms with Crippen molar-refractivity contribution in [2.24, 2.45) is 0 Å². The van der Waals surface area contributed by atoms with Crippen molar-refractivity contribution in [3.63, 3.8) is 0 Å². The highest BCUT2D eigenvalue weighted by atomic mass is 19.1. The van der Waals surface area contributed by atoms with Crippen molar-refractivity contribution < 1.29 is 13.6 Å². The quantitative estimate of drug-likeness (QED) is 0.905. The lowest BCUT2D eigenvalue weighted by atomic mass is 10.1. The molecule has 1 aliphatic rings. The van der Waals surface area contributed by atoms with Gasteiger partial charge in [-0.3, -0.25) is 4.79 Å². The van der Waals surface area contributed by atoms with Crippen molar-refractivity contribution in [3.05, 3.63) is 35.4 Å². The molecule has 1 aliphatic heterocycles. The zero-order chi connectivity index (χ0) is 13.8. The normalized spacial score (nSPS) is 19.5. The number of amides is 1. The third-order valence-electron chi connectivity index (χ3n) is 3.44. The van der Waals surface area contributed by atoms with E-state index in [9.17, 15) is 13.6 Å². The summed E-state index contributed by atoms with van der Waals surface area (Å²) in [6.07, 6.45) is 0.448. The Morgan fingerprint density at radius 1 is 1.47 bits per heavy atom. The van der Waals surface area contributed by atoms with Crippen LogP contribution in [0.2, 0.25) is 0 Å². The van der Waals surface area contributed by atoms with Crippen LogP contribution in [0.1, 0.15) is 18.9 Å². The first-order valence-electron chi connectivity index (χ1n) is 6.52. The number of piperazine rings is 1. The van der Waals surface area contributed by atoms with Crippen LogP contribution in [0.15, 0.2) is 18.2 Å². The van der Waals surface area contributed by atoms with Crippen molar-refractivity contribution in [1.82, 2.24) is 10.2 Å². The predicted molar refractivity (Wildman–Crippen MR) is 68.7 cm³/mol. The van der Waals surface area contributed by atoms with E-state index in [1.807, 2.05) is 6.92 Å². The summed E-state index contributed by atoms with van der Waals surface area (Å²) in [6.45, 7) is 4.21. The SMILES string of the molecule is C[C@H]1CNCCN1C(=O)CCc1cc(F)ccc1F. The number of carbonyl (C=O) groups is 1. The van der Waals surface area contributed by atoms with Crippen molar-refractivity contribution in [2.75, 3.05) is 19.6 Å². The number of hydrogen-bond acceptors (Lipinski definition) is 2. The average molecular weight is 268 g/mol. The minimum absolute atomic E-state index is 0.00217. The van der Waals surface area contributed by atoms with Gasteiger partial charge in [0.25, 0.3) is 0 Å². The van der Waals surface area contributed by atoms with Crippen LogP contribution in [0, 0.1) is 11.6 Å². The number of nitrogens with one attached hydrogen (secondary N) is 1. The third-order valence-corrected chi connectivity index (χ3v) is 3.44. The van der Waals surface area contributed by atoms with E-state index in [2.05, 4.69) is 5.32 Å². The number of halogens is 2. The third kappa shape index (κ3) is 3.50. The molecule has 1 aromatic rings.